The van der Waals surface area contributed by atoms with Gasteiger partial charge in [-0.3, -0.25) is 4.79 Å². The van der Waals surface area contributed by atoms with E-state index in [2.05, 4.69) is 15.9 Å². The molecule has 88 valence electrons. The van der Waals surface area contributed by atoms with Crippen molar-refractivity contribution in [2.24, 2.45) is 5.92 Å². The van der Waals surface area contributed by atoms with E-state index in [0.717, 1.165) is 10.2 Å². The van der Waals surface area contributed by atoms with E-state index in [-0.39, 0.29) is 5.92 Å². The van der Waals surface area contributed by atoms with Crippen LogP contribution in [0.3, 0.4) is 0 Å². The van der Waals surface area contributed by atoms with Gasteiger partial charge < -0.3 is 10.0 Å². The summed E-state index contributed by atoms with van der Waals surface area (Å²) in [7, 11) is 1.91. The number of halogens is 1. The third-order valence-corrected chi connectivity index (χ3v) is 3.13. The molecule has 1 N–H and O–H groups in total. The summed E-state index contributed by atoms with van der Waals surface area (Å²) >= 11 is 3.37. The number of carboxylic acids is 1. The number of carboxylic acid groups (broad SMARTS) is 1. The first-order chi connectivity index (χ1) is 7.54. The second kappa shape index (κ2) is 5.89. The molecule has 1 unspecified atom stereocenters. The molecule has 3 nitrogen and oxygen atoms in total. The Morgan fingerprint density at radius 3 is 2.44 bits per heavy atom. The minimum absolute atomic E-state index is 0.311. The molecule has 0 saturated carbocycles. The van der Waals surface area contributed by atoms with Crippen LogP contribution in [0.5, 0.6) is 0 Å². The molecule has 0 amide bonds. The Bertz CT molecular complexity index is 351. The van der Waals surface area contributed by atoms with Crippen molar-refractivity contribution in [3.63, 3.8) is 0 Å². The Morgan fingerprint density at radius 1 is 1.44 bits per heavy atom. The van der Waals surface area contributed by atoms with E-state index in [4.69, 9.17) is 5.11 Å². The molecule has 4 heteroatoms. The highest BCUT2D eigenvalue weighted by atomic mass is 79.9. The van der Waals surface area contributed by atoms with E-state index in [1.165, 1.54) is 0 Å². The van der Waals surface area contributed by atoms with Crippen LogP contribution in [0.4, 0.5) is 5.69 Å². The lowest BCUT2D eigenvalue weighted by molar-refractivity contribution is -0.141. The van der Waals surface area contributed by atoms with Gasteiger partial charge in [-0.15, -0.1) is 0 Å². The molecule has 0 aliphatic carbocycles. The second-order valence-corrected chi connectivity index (χ2v) is 4.72. The smallest absolute Gasteiger partial charge is 0.308 e. The fraction of sp³-hybridized carbons (Fsp3) is 0.417. The first-order valence-electron chi connectivity index (χ1n) is 5.24. The molecule has 1 aromatic rings. The van der Waals surface area contributed by atoms with Crippen LogP contribution in [-0.4, -0.2) is 24.7 Å². The molecule has 1 atom stereocenters. The first-order valence-corrected chi connectivity index (χ1v) is 6.03. The minimum Gasteiger partial charge on any atom is -0.481 e. The number of benzene rings is 1. The third kappa shape index (κ3) is 3.52. The molecule has 0 aliphatic heterocycles. The maximum atomic E-state index is 10.9. The first kappa shape index (κ1) is 13.0. The van der Waals surface area contributed by atoms with Crippen molar-refractivity contribution in [2.75, 3.05) is 18.5 Å². The molecule has 16 heavy (non-hydrogen) atoms. The van der Waals surface area contributed by atoms with Crippen molar-refractivity contribution < 1.29 is 9.90 Å². The molecule has 0 aliphatic rings. The fourth-order valence-electron chi connectivity index (χ4n) is 1.51. The molecule has 0 aromatic heterocycles. The summed E-state index contributed by atoms with van der Waals surface area (Å²) < 4.78 is 1.02. The number of nitrogens with zero attached hydrogens (tertiary/aromatic N) is 1. The SMILES string of the molecule is CCC(CN(C)c1ccc(Br)cc1)C(=O)O. The van der Waals surface area contributed by atoms with Gasteiger partial charge in [0.25, 0.3) is 0 Å². The lowest BCUT2D eigenvalue weighted by atomic mass is 10.1. The third-order valence-electron chi connectivity index (χ3n) is 2.60. The molecule has 0 bridgehead atoms. The lowest BCUT2D eigenvalue weighted by Crippen LogP contribution is -2.29. The molecule has 1 rings (SSSR count). The maximum absolute atomic E-state index is 10.9. The van der Waals surface area contributed by atoms with Crippen LogP contribution in [-0.2, 0) is 4.79 Å². The van der Waals surface area contributed by atoms with Crippen LogP contribution < -0.4 is 4.90 Å². The van der Waals surface area contributed by atoms with Crippen molar-refractivity contribution in [2.45, 2.75) is 13.3 Å². The number of aliphatic carboxylic acids is 1. The summed E-state index contributed by atoms with van der Waals surface area (Å²) in [5, 5.41) is 8.98. The van der Waals surface area contributed by atoms with Gasteiger partial charge in [0.15, 0.2) is 0 Å². The highest BCUT2D eigenvalue weighted by molar-refractivity contribution is 9.10. The molecular formula is C12H16BrNO2. The zero-order valence-electron chi connectivity index (χ0n) is 9.48. The topological polar surface area (TPSA) is 40.5 Å². The van der Waals surface area contributed by atoms with Crippen molar-refractivity contribution in [1.29, 1.82) is 0 Å². The second-order valence-electron chi connectivity index (χ2n) is 3.80. The van der Waals surface area contributed by atoms with Gasteiger partial charge in [-0.25, -0.2) is 0 Å². The Labute approximate surface area is 104 Å². The summed E-state index contributed by atoms with van der Waals surface area (Å²) in [5.74, 6) is -1.04. The van der Waals surface area contributed by atoms with E-state index in [0.29, 0.717) is 13.0 Å². The van der Waals surface area contributed by atoms with Crippen LogP contribution in [0.25, 0.3) is 0 Å². The zero-order valence-corrected chi connectivity index (χ0v) is 11.1. The van der Waals surface area contributed by atoms with Gasteiger partial charge in [0.1, 0.15) is 0 Å². The molecular weight excluding hydrogens is 270 g/mol. The van der Waals surface area contributed by atoms with Gasteiger partial charge in [0, 0.05) is 23.8 Å². The van der Waals surface area contributed by atoms with Crippen molar-refractivity contribution in [1.82, 2.24) is 0 Å². The number of carbonyl (C=O) groups is 1. The van der Waals surface area contributed by atoms with Crippen LogP contribution in [0.2, 0.25) is 0 Å². The van der Waals surface area contributed by atoms with E-state index in [1.807, 2.05) is 43.1 Å². The molecule has 0 heterocycles. The lowest BCUT2D eigenvalue weighted by Gasteiger charge is -2.22. The highest BCUT2D eigenvalue weighted by Gasteiger charge is 2.17. The van der Waals surface area contributed by atoms with E-state index < -0.39 is 5.97 Å². The summed E-state index contributed by atoms with van der Waals surface area (Å²) in [6.07, 6.45) is 0.649. The Balaban J connectivity index is 2.67. The quantitative estimate of drug-likeness (QED) is 0.904. The van der Waals surface area contributed by atoms with Crippen molar-refractivity contribution >= 4 is 27.6 Å². The summed E-state index contributed by atoms with van der Waals surface area (Å²) in [6, 6.07) is 7.85. The highest BCUT2D eigenvalue weighted by Crippen LogP contribution is 2.18. The summed E-state index contributed by atoms with van der Waals surface area (Å²) in [5.41, 5.74) is 1.03. The van der Waals surface area contributed by atoms with Gasteiger partial charge in [-0.1, -0.05) is 22.9 Å². The van der Waals surface area contributed by atoms with Crippen molar-refractivity contribution in [3.8, 4) is 0 Å². The van der Waals surface area contributed by atoms with Gasteiger partial charge in [0.2, 0.25) is 0 Å². The fourth-order valence-corrected chi connectivity index (χ4v) is 1.78. The van der Waals surface area contributed by atoms with Gasteiger partial charge in [-0.2, -0.15) is 0 Å². The zero-order chi connectivity index (χ0) is 12.1. The number of rotatable bonds is 5. The van der Waals surface area contributed by atoms with E-state index in [9.17, 15) is 4.79 Å². The predicted molar refractivity (Wildman–Crippen MR) is 68.8 cm³/mol. The molecule has 1 aromatic carbocycles. The van der Waals surface area contributed by atoms with Gasteiger partial charge in [-0.05, 0) is 30.7 Å². The van der Waals surface area contributed by atoms with E-state index in [1.54, 1.807) is 0 Å². The normalized spacial score (nSPS) is 12.2. The van der Waals surface area contributed by atoms with Crippen LogP contribution in [0.15, 0.2) is 28.7 Å². The van der Waals surface area contributed by atoms with E-state index >= 15 is 0 Å². The van der Waals surface area contributed by atoms with Crippen molar-refractivity contribution in [3.05, 3.63) is 28.7 Å². The average Bonchev–Trinajstić information content (AvgIpc) is 2.26. The van der Waals surface area contributed by atoms with Gasteiger partial charge >= 0.3 is 5.97 Å². The Morgan fingerprint density at radius 2 is 2.00 bits per heavy atom. The number of hydrogen-bond acceptors (Lipinski definition) is 2. The van der Waals surface area contributed by atoms with Crippen LogP contribution in [0, 0.1) is 5.92 Å². The number of anilines is 1. The van der Waals surface area contributed by atoms with Crippen LogP contribution >= 0.6 is 15.9 Å². The minimum atomic E-state index is -0.730. The average molecular weight is 286 g/mol. The summed E-state index contributed by atoms with van der Waals surface area (Å²) in [4.78, 5) is 12.9. The van der Waals surface area contributed by atoms with Gasteiger partial charge in [0.05, 0.1) is 5.92 Å². The monoisotopic (exact) mass is 285 g/mol. The molecule has 0 saturated heterocycles. The largest absolute Gasteiger partial charge is 0.481 e. The Hall–Kier alpha value is -1.03. The molecule has 0 fully saturated rings. The molecule has 0 spiro atoms. The number of hydrogen-bond donors (Lipinski definition) is 1. The molecule has 0 radical (unpaired) electrons. The van der Waals surface area contributed by atoms with Crippen LogP contribution in [0.1, 0.15) is 13.3 Å². The standard InChI is InChI=1S/C12H16BrNO2/c1-3-9(12(15)16)8-14(2)11-6-4-10(13)5-7-11/h4-7,9H,3,8H2,1-2H3,(H,15,16). The maximum Gasteiger partial charge on any atom is 0.308 e. The summed E-state index contributed by atoms with van der Waals surface area (Å²) in [6.45, 7) is 2.43. The Kier molecular flexibility index (Phi) is 4.80. The predicted octanol–water partition coefficient (Wildman–Crippen LogP) is 3.00.